The average Bonchev–Trinajstić information content (AvgIpc) is 2.91. The molecule has 0 aromatic rings. The zero-order chi connectivity index (χ0) is 22.8. The third-order valence-corrected chi connectivity index (χ3v) is 5.22. The van der Waals surface area contributed by atoms with Crippen LogP contribution in [0.3, 0.4) is 0 Å². The highest BCUT2D eigenvalue weighted by Crippen LogP contribution is 2.31. The molecule has 0 aromatic heterocycles. The van der Waals surface area contributed by atoms with Crippen molar-refractivity contribution in [2.24, 2.45) is 0 Å². The predicted molar refractivity (Wildman–Crippen MR) is 101 cm³/mol. The third kappa shape index (κ3) is 4.63. The Bertz CT molecular complexity index is 838. The molecule has 1 saturated heterocycles. The van der Waals surface area contributed by atoms with Crippen LogP contribution >= 0.6 is 0 Å². The summed E-state index contributed by atoms with van der Waals surface area (Å²) in [6.45, 7) is 6.28. The minimum absolute atomic E-state index is 1.19. The van der Waals surface area contributed by atoms with Crippen molar-refractivity contribution < 1.29 is 43.4 Å². The van der Waals surface area contributed by atoms with Gasteiger partial charge in [0.15, 0.2) is 5.79 Å². The molecule has 4 amide bonds. The van der Waals surface area contributed by atoms with Crippen molar-refractivity contribution in [3.05, 3.63) is 11.5 Å². The second-order valence-corrected chi connectivity index (χ2v) is 8.03. The van der Waals surface area contributed by atoms with Crippen LogP contribution in [0.25, 0.3) is 0 Å². The number of aliphatic hydroxyl groups is 1. The molecule has 4 rings (SSSR count). The number of rotatable bonds is 1. The smallest absolute Gasteiger partial charge is 0.341 e. The molecular formula is C19H26N4O8. The number of urea groups is 1. The first-order valence-electron chi connectivity index (χ1n) is 10.1. The number of nitrogens with one attached hydrogen (secondary N) is 3. The Kier molecular flexibility index (Phi) is 6.20. The van der Waals surface area contributed by atoms with Gasteiger partial charge in [-0.1, -0.05) is 0 Å². The number of carbonyl (C=O) groups is 4. The number of carbonyl (C=O) groups excluding carboxylic acids is 4. The zero-order valence-corrected chi connectivity index (χ0v) is 17.4. The number of imide groups is 2. The summed E-state index contributed by atoms with van der Waals surface area (Å²) in [5.74, 6) is -5.97. The molecule has 4 aliphatic heterocycles. The van der Waals surface area contributed by atoms with E-state index >= 15 is 0 Å². The van der Waals surface area contributed by atoms with Crippen LogP contribution in [-0.4, -0.2) is 70.4 Å². The van der Waals surface area contributed by atoms with Gasteiger partial charge in [-0.2, -0.15) is 0 Å². The molecule has 0 bridgehead atoms. The van der Waals surface area contributed by atoms with Gasteiger partial charge in [0.05, 0.1) is 25.6 Å². The molecule has 4 aliphatic rings. The number of hydrogen-bond donors (Lipinski definition) is 4. The highest BCUT2D eigenvalue weighted by Gasteiger charge is 2.57. The van der Waals surface area contributed by atoms with Gasteiger partial charge in [-0.3, -0.25) is 30.1 Å². The van der Waals surface area contributed by atoms with E-state index in [1.807, 2.05) is 0 Å². The Balaban J connectivity index is 0.000000207. The Morgan fingerprint density at radius 3 is 2.26 bits per heavy atom. The number of hydrogen-bond acceptors (Lipinski definition) is 9. The van der Waals surface area contributed by atoms with E-state index in [1.54, 1.807) is 10.6 Å². The van der Waals surface area contributed by atoms with Gasteiger partial charge in [0, 0.05) is 12.8 Å². The highest BCUT2D eigenvalue weighted by molar-refractivity contribution is 6.26. The number of amidine groups is 1. The van der Waals surface area contributed by atoms with E-state index in [4.69, 9.17) is 0 Å². The lowest BCUT2D eigenvalue weighted by Crippen LogP contribution is -2.69. The Morgan fingerprint density at radius 1 is 0.968 bits per heavy atom. The van der Waals surface area contributed by atoms with E-state index < -0.39 is 46.7 Å². The molecule has 0 spiro atoms. The second kappa shape index (κ2) is 8.53. The zero-order valence-electron chi connectivity index (χ0n) is 17.4. The summed E-state index contributed by atoms with van der Waals surface area (Å²) in [6, 6.07) is -1.19. The lowest BCUT2D eigenvalue weighted by Gasteiger charge is -2.42. The standard InChI is InChI=1S/C10H10N2O8.C9H16N2/c1-9(2)19-4(13)3(5(14)20-9)10(18)6(15)11-8(17)12-7(10)16;1-2-5-9-10-6-4-8-11(9)7-3-1/h13,18H,1-2H3,(H2,11,12,15,16,17);1-8H2. The molecule has 12 nitrogen and oxygen atoms in total. The van der Waals surface area contributed by atoms with E-state index in [2.05, 4.69) is 19.4 Å². The molecular weight excluding hydrogens is 412 g/mol. The van der Waals surface area contributed by atoms with Crippen LogP contribution < -0.4 is 21.1 Å². The maximum absolute atomic E-state index is 11.7. The minimum Gasteiger partial charge on any atom is -0.575 e. The summed E-state index contributed by atoms with van der Waals surface area (Å²) in [4.78, 5) is 45.9. The Hall–Kier alpha value is -3.15. The SMILES string of the molecule is C1CCC2=[N+](CC1)CCCN2.CC1(C)OC(=O)C(C2(O)C(=O)NC(=O)NC2=O)=C([O-])O1. The monoisotopic (exact) mass is 438 g/mol. The van der Waals surface area contributed by atoms with Gasteiger partial charge in [0.2, 0.25) is 5.84 Å². The number of ether oxygens (including phenoxy) is 2. The van der Waals surface area contributed by atoms with Crippen LogP contribution in [0.4, 0.5) is 4.79 Å². The molecule has 12 heteroatoms. The summed E-state index contributed by atoms with van der Waals surface area (Å²) in [6.07, 6.45) is 6.81. The van der Waals surface area contributed by atoms with Crippen molar-refractivity contribution in [2.75, 3.05) is 19.6 Å². The molecule has 0 atom stereocenters. The van der Waals surface area contributed by atoms with E-state index in [9.17, 15) is 29.4 Å². The topological polar surface area (TPSA) is 169 Å². The lowest BCUT2D eigenvalue weighted by molar-refractivity contribution is -0.534. The maximum atomic E-state index is 11.7. The van der Waals surface area contributed by atoms with Gasteiger partial charge >= 0.3 is 12.0 Å². The number of barbiturate groups is 1. The fourth-order valence-corrected chi connectivity index (χ4v) is 3.71. The first-order chi connectivity index (χ1) is 14.5. The summed E-state index contributed by atoms with van der Waals surface area (Å²) < 4.78 is 11.9. The molecule has 0 aliphatic carbocycles. The van der Waals surface area contributed by atoms with Crippen molar-refractivity contribution >= 4 is 29.7 Å². The first kappa shape index (κ1) is 22.5. The normalized spacial score (nSPS) is 24.9. The lowest BCUT2D eigenvalue weighted by atomic mass is 9.90. The molecule has 0 saturated carbocycles. The van der Waals surface area contributed by atoms with Crippen molar-refractivity contribution in [1.82, 2.24) is 16.0 Å². The largest absolute Gasteiger partial charge is 0.575 e. The van der Waals surface area contributed by atoms with E-state index in [1.165, 1.54) is 71.4 Å². The van der Waals surface area contributed by atoms with E-state index in [-0.39, 0.29) is 0 Å². The van der Waals surface area contributed by atoms with E-state index in [0.717, 1.165) is 0 Å². The van der Waals surface area contributed by atoms with Crippen molar-refractivity contribution in [1.29, 1.82) is 0 Å². The molecule has 0 unspecified atom stereocenters. The summed E-state index contributed by atoms with van der Waals surface area (Å²) >= 11 is 0. The highest BCUT2D eigenvalue weighted by atomic mass is 16.8. The quantitative estimate of drug-likeness (QED) is 0.204. The summed E-state index contributed by atoms with van der Waals surface area (Å²) in [5, 5.41) is 28.4. The first-order valence-corrected chi connectivity index (χ1v) is 10.1. The summed E-state index contributed by atoms with van der Waals surface area (Å²) in [5.41, 5.74) is -4.42. The van der Waals surface area contributed by atoms with Crippen LogP contribution in [-0.2, 0) is 23.9 Å². The van der Waals surface area contributed by atoms with Crippen LogP contribution in [0.2, 0.25) is 0 Å². The second-order valence-electron chi connectivity index (χ2n) is 8.03. The number of cyclic esters (lactones) is 1. The molecule has 0 radical (unpaired) electrons. The maximum Gasteiger partial charge on any atom is 0.341 e. The van der Waals surface area contributed by atoms with Gasteiger partial charge in [-0.25, -0.2) is 9.59 Å². The molecule has 4 N–H and O–H groups in total. The van der Waals surface area contributed by atoms with Crippen molar-refractivity contribution in [3.63, 3.8) is 0 Å². The third-order valence-electron chi connectivity index (χ3n) is 5.22. The average molecular weight is 438 g/mol. The van der Waals surface area contributed by atoms with Crippen LogP contribution in [0.5, 0.6) is 0 Å². The fourth-order valence-electron chi connectivity index (χ4n) is 3.71. The molecule has 170 valence electrons. The van der Waals surface area contributed by atoms with E-state index in [0.29, 0.717) is 0 Å². The summed E-state index contributed by atoms with van der Waals surface area (Å²) in [7, 11) is 0. The van der Waals surface area contributed by atoms with Gasteiger partial charge < -0.3 is 19.7 Å². The van der Waals surface area contributed by atoms with Gasteiger partial charge in [0.25, 0.3) is 17.4 Å². The Morgan fingerprint density at radius 2 is 1.61 bits per heavy atom. The molecule has 31 heavy (non-hydrogen) atoms. The number of amides is 4. The van der Waals surface area contributed by atoms with Crippen molar-refractivity contribution in [2.45, 2.75) is 57.3 Å². The molecule has 4 heterocycles. The van der Waals surface area contributed by atoms with Gasteiger partial charge in [-0.05, 0) is 33.1 Å². The number of esters is 1. The van der Waals surface area contributed by atoms with Crippen molar-refractivity contribution in [3.8, 4) is 0 Å². The molecule has 1 fully saturated rings. The van der Waals surface area contributed by atoms with Crippen LogP contribution in [0.1, 0.15) is 46.0 Å². The number of nitrogens with zero attached hydrogens (tertiary/aromatic N) is 1. The van der Waals surface area contributed by atoms with Gasteiger partial charge in [-0.15, -0.1) is 0 Å². The Labute approximate surface area is 178 Å². The van der Waals surface area contributed by atoms with Crippen LogP contribution in [0, 0.1) is 0 Å². The fraction of sp³-hybridized carbons (Fsp3) is 0.632. The van der Waals surface area contributed by atoms with Crippen LogP contribution in [0.15, 0.2) is 11.5 Å². The molecule has 0 aromatic carbocycles. The van der Waals surface area contributed by atoms with Gasteiger partial charge in [0.1, 0.15) is 5.57 Å². The predicted octanol–water partition coefficient (Wildman–Crippen LogP) is -2.07. The minimum atomic E-state index is -3.20.